The number of likely N-dealkylation sites (N-methyl/N-ethyl adjacent to an activating group) is 1. The molecular weight excluding hydrogens is 352 g/mol. The third kappa shape index (κ3) is 1.88. The maximum atomic E-state index is 13.4. The highest BCUT2D eigenvalue weighted by Crippen LogP contribution is 2.59. The van der Waals surface area contributed by atoms with Crippen molar-refractivity contribution < 1.29 is 4.79 Å². The maximum absolute atomic E-state index is 13.4. The van der Waals surface area contributed by atoms with E-state index >= 15 is 0 Å². The topological polar surface area (TPSA) is 128 Å². The summed E-state index contributed by atoms with van der Waals surface area (Å²) in [4.78, 5) is 15.5. The molecule has 3 aliphatic rings. The minimum Gasteiger partial charge on any atom is -0.325 e. The lowest BCUT2D eigenvalue weighted by Crippen LogP contribution is -2.63. The first-order valence-corrected chi connectivity index (χ1v) is 9.16. The number of hydrogen-bond acceptors (Lipinski definition) is 6. The number of nitrogens with zero attached hydrogens (tertiary/aromatic N) is 4. The Hall–Kier alpha value is -3.47. The number of carbonyl (C=O) groups excluding carboxylic acids is 1. The number of fused-ring (bicyclic) bond motifs is 4. The van der Waals surface area contributed by atoms with E-state index < -0.39 is 22.7 Å². The van der Waals surface area contributed by atoms with Crippen molar-refractivity contribution in [1.82, 2.24) is 4.90 Å². The molecular formula is C21H18N6O. The average molecular weight is 370 g/mol. The van der Waals surface area contributed by atoms with Gasteiger partial charge in [0.2, 0.25) is 11.3 Å². The van der Waals surface area contributed by atoms with E-state index in [9.17, 15) is 20.6 Å². The molecule has 1 saturated carbocycles. The van der Waals surface area contributed by atoms with Gasteiger partial charge < -0.3 is 10.7 Å². The fraction of sp³-hybridized carbons (Fsp3) is 0.381. The lowest BCUT2D eigenvalue weighted by Gasteiger charge is -2.51. The van der Waals surface area contributed by atoms with Gasteiger partial charge in [-0.1, -0.05) is 31.2 Å². The Morgan fingerprint density at radius 1 is 1.29 bits per heavy atom. The molecule has 1 spiro atoms. The van der Waals surface area contributed by atoms with Crippen molar-refractivity contribution in [3.05, 3.63) is 41.5 Å². The van der Waals surface area contributed by atoms with Gasteiger partial charge in [0, 0.05) is 24.7 Å². The zero-order valence-corrected chi connectivity index (χ0v) is 15.4. The molecule has 7 nitrogen and oxygen atoms in total. The summed E-state index contributed by atoms with van der Waals surface area (Å²) in [5.74, 6) is -2.08. The fourth-order valence-electron chi connectivity index (χ4n) is 5.04. The summed E-state index contributed by atoms with van der Waals surface area (Å²) in [6, 6.07) is 13.3. The molecule has 1 aromatic rings. The molecule has 0 radical (unpaired) electrons. The first-order valence-electron chi connectivity index (χ1n) is 9.16. The summed E-state index contributed by atoms with van der Waals surface area (Å²) < 4.78 is 0. The van der Waals surface area contributed by atoms with Gasteiger partial charge in [-0.3, -0.25) is 9.69 Å². The zero-order chi connectivity index (χ0) is 20.1. The molecule has 1 amide bonds. The lowest BCUT2D eigenvalue weighted by atomic mass is 9.48. The maximum Gasteiger partial charge on any atom is 0.237 e. The summed E-state index contributed by atoms with van der Waals surface area (Å²) in [7, 11) is 0. The van der Waals surface area contributed by atoms with Crippen molar-refractivity contribution >= 4 is 17.3 Å². The Morgan fingerprint density at radius 2 is 2.00 bits per heavy atom. The number of hydrogen-bond donors (Lipinski definition) is 2. The van der Waals surface area contributed by atoms with E-state index in [1.54, 1.807) is 24.3 Å². The second kappa shape index (κ2) is 6.02. The van der Waals surface area contributed by atoms with Crippen LogP contribution in [0.4, 0.5) is 5.69 Å². The molecule has 0 bridgehead atoms. The van der Waals surface area contributed by atoms with Gasteiger partial charge in [-0.25, -0.2) is 0 Å². The van der Waals surface area contributed by atoms with Crippen molar-refractivity contribution in [2.24, 2.45) is 17.3 Å². The van der Waals surface area contributed by atoms with Crippen molar-refractivity contribution in [3.8, 4) is 18.2 Å². The van der Waals surface area contributed by atoms with Crippen molar-refractivity contribution in [2.45, 2.75) is 12.3 Å². The largest absolute Gasteiger partial charge is 0.325 e. The van der Waals surface area contributed by atoms with Crippen LogP contribution in [0, 0.1) is 56.7 Å². The van der Waals surface area contributed by atoms with E-state index in [1.807, 2.05) is 25.1 Å². The predicted molar refractivity (Wildman–Crippen MR) is 101 cm³/mol. The Kier molecular flexibility index (Phi) is 3.85. The van der Waals surface area contributed by atoms with Crippen LogP contribution in [0.15, 0.2) is 35.9 Å². The number of nitrogens with one attached hydrogen (secondary N) is 2. The summed E-state index contributed by atoms with van der Waals surface area (Å²) >= 11 is 0. The summed E-state index contributed by atoms with van der Waals surface area (Å²) in [5, 5.41) is 41.4. The first-order chi connectivity index (χ1) is 13.5. The second-order valence-corrected chi connectivity index (χ2v) is 7.38. The van der Waals surface area contributed by atoms with Gasteiger partial charge in [0.25, 0.3) is 0 Å². The minimum atomic E-state index is -1.81. The summed E-state index contributed by atoms with van der Waals surface area (Å²) in [5.41, 5.74) is -1.68. The van der Waals surface area contributed by atoms with Gasteiger partial charge in [-0.15, -0.1) is 0 Å². The van der Waals surface area contributed by atoms with Crippen LogP contribution in [0.1, 0.15) is 12.5 Å². The smallest absolute Gasteiger partial charge is 0.237 e. The van der Waals surface area contributed by atoms with Crippen LogP contribution in [0.25, 0.3) is 0 Å². The van der Waals surface area contributed by atoms with Crippen LogP contribution in [-0.4, -0.2) is 36.2 Å². The van der Waals surface area contributed by atoms with Crippen molar-refractivity contribution in [3.63, 3.8) is 0 Å². The third-order valence-electron chi connectivity index (χ3n) is 6.42. The Bertz CT molecular complexity index is 1040. The number of amides is 1. The molecule has 1 aromatic carbocycles. The summed E-state index contributed by atoms with van der Waals surface area (Å²) in [6.07, 6.45) is 1.81. The number of benzene rings is 1. The molecule has 2 N–H and O–H groups in total. The van der Waals surface area contributed by atoms with Crippen molar-refractivity contribution in [1.29, 1.82) is 21.2 Å². The molecule has 138 valence electrons. The molecule has 7 heteroatoms. The van der Waals surface area contributed by atoms with Gasteiger partial charge in [0.15, 0.2) is 0 Å². The molecule has 28 heavy (non-hydrogen) atoms. The quantitative estimate of drug-likeness (QED) is 0.730. The van der Waals surface area contributed by atoms with E-state index in [1.165, 1.54) is 0 Å². The number of nitriles is 3. The van der Waals surface area contributed by atoms with Gasteiger partial charge in [-0.2, -0.15) is 15.8 Å². The summed E-state index contributed by atoms with van der Waals surface area (Å²) in [6.45, 7) is 3.72. The zero-order valence-electron chi connectivity index (χ0n) is 15.4. The van der Waals surface area contributed by atoms with Gasteiger partial charge in [0.1, 0.15) is 11.3 Å². The average Bonchev–Trinajstić information content (AvgIpc) is 3.02. The molecule has 4 rings (SSSR count). The van der Waals surface area contributed by atoms with Crippen LogP contribution in [-0.2, 0) is 10.2 Å². The van der Waals surface area contributed by atoms with Crippen LogP contribution in [0.2, 0.25) is 0 Å². The predicted octanol–water partition coefficient (Wildman–Crippen LogP) is 1.96. The third-order valence-corrected chi connectivity index (χ3v) is 6.42. The SMILES string of the molecule is CCN1CC=C2C(C1)C1(C(=O)Nc3ccccc31)C(C#N)C(=N)C2(C#N)C#N. The number of carbonyl (C=O) groups is 1. The minimum absolute atomic E-state index is 0.306. The van der Waals surface area contributed by atoms with E-state index in [0.29, 0.717) is 29.9 Å². The Balaban J connectivity index is 2.07. The highest BCUT2D eigenvalue weighted by molar-refractivity contribution is 6.14. The highest BCUT2D eigenvalue weighted by Gasteiger charge is 2.68. The highest BCUT2D eigenvalue weighted by atomic mass is 16.2. The lowest BCUT2D eigenvalue weighted by molar-refractivity contribution is -0.123. The van der Waals surface area contributed by atoms with Crippen molar-refractivity contribution in [2.75, 3.05) is 25.0 Å². The van der Waals surface area contributed by atoms with Gasteiger partial charge in [0.05, 0.1) is 23.9 Å². The second-order valence-electron chi connectivity index (χ2n) is 7.38. The van der Waals surface area contributed by atoms with Gasteiger partial charge in [-0.05, 0) is 23.7 Å². The monoisotopic (exact) mass is 370 g/mol. The van der Waals surface area contributed by atoms with Crippen LogP contribution in [0.3, 0.4) is 0 Å². The molecule has 2 heterocycles. The standard InChI is InChI=1S/C21H18N6O/c1-2-27-8-7-13-16(10-27)21(14-5-3-4-6-17(14)26-19(21)28)15(9-22)18(25)20(13,11-23)12-24/h3-7,15-16,25H,2,8,10H2,1H3,(H,26,28). The van der Waals surface area contributed by atoms with E-state index in [4.69, 9.17) is 5.41 Å². The molecule has 0 aromatic heterocycles. The van der Waals surface area contributed by atoms with E-state index in [0.717, 1.165) is 6.54 Å². The van der Waals surface area contributed by atoms with Gasteiger partial charge >= 0.3 is 0 Å². The molecule has 1 fully saturated rings. The van der Waals surface area contributed by atoms with Crippen LogP contribution < -0.4 is 5.32 Å². The van der Waals surface area contributed by atoms with Crippen LogP contribution in [0.5, 0.6) is 0 Å². The molecule has 2 aliphatic heterocycles. The Labute approximate surface area is 163 Å². The Morgan fingerprint density at radius 3 is 2.64 bits per heavy atom. The van der Waals surface area contributed by atoms with Crippen LogP contribution >= 0.6 is 0 Å². The number of anilines is 1. The molecule has 1 aliphatic carbocycles. The van der Waals surface area contributed by atoms with E-state index in [-0.39, 0.29) is 11.6 Å². The van der Waals surface area contributed by atoms with E-state index in [2.05, 4.69) is 16.3 Å². The number of para-hydroxylation sites is 1. The fourth-order valence-corrected chi connectivity index (χ4v) is 5.04. The normalized spacial score (nSPS) is 30.3. The number of rotatable bonds is 1. The molecule has 3 unspecified atom stereocenters. The molecule has 3 atom stereocenters. The first kappa shape index (κ1) is 17.9. The molecule has 0 saturated heterocycles.